The van der Waals surface area contributed by atoms with Crippen molar-refractivity contribution in [1.82, 2.24) is 5.32 Å². The van der Waals surface area contributed by atoms with Crippen molar-refractivity contribution in [1.29, 1.82) is 0 Å². The van der Waals surface area contributed by atoms with Gasteiger partial charge in [0.05, 0.1) is 0 Å². The van der Waals surface area contributed by atoms with E-state index in [0.29, 0.717) is 0 Å². The van der Waals surface area contributed by atoms with Gasteiger partial charge in [-0.2, -0.15) is 0 Å². The van der Waals surface area contributed by atoms with E-state index in [9.17, 15) is 0 Å². The molecule has 0 amide bonds. The average molecular weight is 231 g/mol. The van der Waals surface area contributed by atoms with Crippen molar-refractivity contribution in [3.05, 3.63) is 34.9 Å². The molecule has 1 aromatic carbocycles. The molecular weight excluding hydrogens is 206 g/mol. The van der Waals surface area contributed by atoms with Crippen LogP contribution in [0.4, 0.5) is 0 Å². The van der Waals surface area contributed by atoms with Gasteiger partial charge in [-0.3, -0.25) is 0 Å². The van der Waals surface area contributed by atoms with Gasteiger partial charge in [0.25, 0.3) is 0 Å². The summed E-state index contributed by atoms with van der Waals surface area (Å²) in [7, 11) is 0. The molecule has 17 heavy (non-hydrogen) atoms. The first kappa shape index (κ1) is 12.6. The van der Waals surface area contributed by atoms with Gasteiger partial charge in [0.2, 0.25) is 0 Å². The summed E-state index contributed by atoms with van der Waals surface area (Å²) in [5.74, 6) is 1.75. The van der Waals surface area contributed by atoms with Gasteiger partial charge in [-0.05, 0) is 69.2 Å². The third-order valence-electron chi connectivity index (χ3n) is 4.28. The fraction of sp³-hybridized carbons (Fsp3) is 0.625. The predicted octanol–water partition coefficient (Wildman–Crippen LogP) is 3.48. The van der Waals surface area contributed by atoms with Crippen molar-refractivity contribution in [2.75, 3.05) is 13.1 Å². The Bertz CT molecular complexity index is 370. The van der Waals surface area contributed by atoms with Crippen LogP contribution in [-0.2, 0) is 6.42 Å². The Kier molecular flexibility index (Phi) is 4.22. The number of aryl methyl sites for hydroxylation is 3. The minimum absolute atomic E-state index is 0.865. The summed E-state index contributed by atoms with van der Waals surface area (Å²) in [5.41, 5.74) is 4.38. The van der Waals surface area contributed by atoms with E-state index < -0.39 is 0 Å². The van der Waals surface area contributed by atoms with Crippen molar-refractivity contribution < 1.29 is 0 Å². The van der Waals surface area contributed by atoms with E-state index in [-0.39, 0.29) is 0 Å². The maximum atomic E-state index is 3.53. The predicted molar refractivity (Wildman–Crippen MR) is 74.4 cm³/mol. The van der Waals surface area contributed by atoms with E-state index in [4.69, 9.17) is 0 Å². The van der Waals surface area contributed by atoms with Crippen LogP contribution in [0.1, 0.15) is 36.5 Å². The molecule has 1 aliphatic heterocycles. The van der Waals surface area contributed by atoms with Crippen LogP contribution in [-0.4, -0.2) is 13.1 Å². The third kappa shape index (κ3) is 3.32. The number of rotatable bonds is 3. The second kappa shape index (κ2) is 5.68. The highest BCUT2D eigenvalue weighted by atomic mass is 14.9. The zero-order valence-corrected chi connectivity index (χ0v) is 11.4. The number of hydrogen-bond acceptors (Lipinski definition) is 1. The summed E-state index contributed by atoms with van der Waals surface area (Å²) in [6.45, 7) is 9.26. The highest BCUT2D eigenvalue weighted by Gasteiger charge is 2.20. The van der Waals surface area contributed by atoms with Gasteiger partial charge in [-0.25, -0.2) is 0 Å². The first-order valence-corrected chi connectivity index (χ1v) is 6.93. The van der Waals surface area contributed by atoms with Gasteiger partial charge in [-0.1, -0.05) is 30.7 Å². The summed E-state index contributed by atoms with van der Waals surface area (Å²) in [6.07, 6.45) is 3.92. The maximum absolute atomic E-state index is 3.53. The van der Waals surface area contributed by atoms with Gasteiger partial charge >= 0.3 is 0 Å². The molecule has 0 bridgehead atoms. The van der Waals surface area contributed by atoms with Crippen LogP contribution in [0.2, 0.25) is 0 Å². The highest BCUT2D eigenvalue weighted by molar-refractivity contribution is 5.30. The van der Waals surface area contributed by atoms with E-state index >= 15 is 0 Å². The molecule has 0 aliphatic carbocycles. The van der Waals surface area contributed by atoms with Gasteiger partial charge < -0.3 is 5.32 Å². The normalized spacial score (nSPS) is 24.9. The Morgan fingerprint density at radius 3 is 2.88 bits per heavy atom. The number of nitrogens with one attached hydrogen (secondary N) is 1. The molecule has 2 unspecified atom stereocenters. The molecule has 1 saturated heterocycles. The molecule has 1 fully saturated rings. The summed E-state index contributed by atoms with van der Waals surface area (Å²) in [6, 6.07) is 6.83. The number of hydrogen-bond donors (Lipinski definition) is 1. The van der Waals surface area contributed by atoms with Crippen molar-refractivity contribution in [3.63, 3.8) is 0 Å². The van der Waals surface area contributed by atoms with Crippen molar-refractivity contribution in [2.45, 2.75) is 40.0 Å². The van der Waals surface area contributed by atoms with Crippen LogP contribution in [0.3, 0.4) is 0 Å². The molecule has 1 aliphatic rings. The van der Waals surface area contributed by atoms with Crippen molar-refractivity contribution in [2.24, 2.45) is 11.8 Å². The van der Waals surface area contributed by atoms with Gasteiger partial charge in [0.1, 0.15) is 0 Å². The van der Waals surface area contributed by atoms with E-state index in [0.717, 1.165) is 11.8 Å². The molecule has 94 valence electrons. The molecule has 2 rings (SSSR count). The van der Waals surface area contributed by atoms with Crippen LogP contribution in [0.25, 0.3) is 0 Å². The van der Waals surface area contributed by atoms with Gasteiger partial charge in [0, 0.05) is 0 Å². The maximum Gasteiger partial charge on any atom is -0.00178 e. The monoisotopic (exact) mass is 231 g/mol. The summed E-state index contributed by atoms with van der Waals surface area (Å²) < 4.78 is 0. The van der Waals surface area contributed by atoms with Crippen LogP contribution in [0, 0.1) is 25.7 Å². The van der Waals surface area contributed by atoms with E-state index in [1.807, 2.05) is 0 Å². The minimum atomic E-state index is 0.865. The zero-order valence-electron chi connectivity index (χ0n) is 11.4. The Morgan fingerprint density at radius 1 is 1.29 bits per heavy atom. The second-order valence-electron chi connectivity index (χ2n) is 5.70. The Morgan fingerprint density at radius 2 is 2.12 bits per heavy atom. The molecular formula is C16H25N. The SMILES string of the molecule is Cc1ccc(C)c(CCC2CNCCC2C)c1. The summed E-state index contributed by atoms with van der Waals surface area (Å²) >= 11 is 0. The first-order valence-electron chi connectivity index (χ1n) is 6.93. The molecule has 0 radical (unpaired) electrons. The lowest BCUT2D eigenvalue weighted by Crippen LogP contribution is -2.35. The van der Waals surface area contributed by atoms with Gasteiger partial charge in [-0.15, -0.1) is 0 Å². The minimum Gasteiger partial charge on any atom is -0.316 e. The molecule has 1 heterocycles. The topological polar surface area (TPSA) is 12.0 Å². The second-order valence-corrected chi connectivity index (χ2v) is 5.70. The van der Waals surface area contributed by atoms with Crippen LogP contribution >= 0.6 is 0 Å². The lowest BCUT2D eigenvalue weighted by molar-refractivity contribution is 0.260. The summed E-state index contributed by atoms with van der Waals surface area (Å²) in [4.78, 5) is 0. The van der Waals surface area contributed by atoms with Crippen LogP contribution in [0.15, 0.2) is 18.2 Å². The fourth-order valence-electron chi connectivity index (χ4n) is 2.85. The van der Waals surface area contributed by atoms with E-state index in [1.54, 1.807) is 5.56 Å². The average Bonchev–Trinajstić information content (AvgIpc) is 2.32. The molecule has 1 aromatic rings. The molecule has 1 heteroatoms. The Labute approximate surface area is 106 Å². The number of piperidine rings is 1. The molecule has 0 aromatic heterocycles. The standard InChI is InChI=1S/C16H25N/c1-12-4-5-13(2)15(10-12)6-7-16-11-17-9-8-14(16)3/h4-5,10,14,16-17H,6-9,11H2,1-3H3. The van der Waals surface area contributed by atoms with Crippen LogP contribution in [0.5, 0.6) is 0 Å². The lowest BCUT2D eigenvalue weighted by atomic mass is 9.83. The lowest BCUT2D eigenvalue weighted by Gasteiger charge is -2.29. The van der Waals surface area contributed by atoms with Gasteiger partial charge in [0.15, 0.2) is 0 Å². The summed E-state index contributed by atoms with van der Waals surface area (Å²) in [5, 5.41) is 3.53. The zero-order chi connectivity index (χ0) is 12.3. The number of benzene rings is 1. The highest BCUT2D eigenvalue weighted by Crippen LogP contribution is 2.24. The Hall–Kier alpha value is -0.820. The smallest absolute Gasteiger partial charge is 0.00178 e. The Balaban J connectivity index is 1.94. The van der Waals surface area contributed by atoms with Crippen LogP contribution < -0.4 is 5.32 Å². The molecule has 1 N–H and O–H groups in total. The quantitative estimate of drug-likeness (QED) is 0.840. The molecule has 1 nitrogen and oxygen atoms in total. The van der Waals surface area contributed by atoms with E-state index in [2.05, 4.69) is 44.3 Å². The first-order chi connectivity index (χ1) is 8.16. The molecule has 0 saturated carbocycles. The third-order valence-corrected chi connectivity index (χ3v) is 4.28. The van der Waals surface area contributed by atoms with Crippen molar-refractivity contribution in [3.8, 4) is 0 Å². The fourth-order valence-corrected chi connectivity index (χ4v) is 2.85. The largest absolute Gasteiger partial charge is 0.316 e. The van der Waals surface area contributed by atoms with Crippen molar-refractivity contribution >= 4 is 0 Å². The van der Waals surface area contributed by atoms with E-state index in [1.165, 1.54) is 43.5 Å². The molecule has 0 spiro atoms. The molecule has 2 atom stereocenters.